The summed E-state index contributed by atoms with van der Waals surface area (Å²) >= 11 is 0.997. The number of aromatic nitrogens is 2. The standard InChI is InChI=1S/C24H26F2N4O2S/c1-12(2)21-13(3)32-20(9-17(21)27)14-7-8-28-10-18(14)29-23(31)19-11-33-24(30-19)22-15(25)5-4-6-16(22)26/h4-8,10-13,17,20-21H,9,27H2,1-3H3,(H,29,31). The first-order valence-corrected chi connectivity index (χ1v) is 11.7. The highest BCUT2D eigenvalue weighted by atomic mass is 32.1. The molecule has 0 radical (unpaired) electrons. The molecular weight excluding hydrogens is 446 g/mol. The zero-order valence-electron chi connectivity index (χ0n) is 18.6. The first-order valence-electron chi connectivity index (χ1n) is 10.8. The summed E-state index contributed by atoms with van der Waals surface area (Å²) in [4.78, 5) is 21.2. The Morgan fingerprint density at radius 1 is 1.27 bits per heavy atom. The van der Waals surface area contributed by atoms with Crippen molar-refractivity contribution in [2.45, 2.75) is 45.4 Å². The van der Waals surface area contributed by atoms with Crippen LogP contribution >= 0.6 is 11.3 Å². The predicted molar refractivity (Wildman–Crippen MR) is 124 cm³/mol. The van der Waals surface area contributed by atoms with Gasteiger partial charge in [0.1, 0.15) is 22.3 Å². The summed E-state index contributed by atoms with van der Waals surface area (Å²) < 4.78 is 34.4. The van der Waals surface area contributed by atoms with Crippen molar-refractivity contribution < 1.29 is 18.3 Å². The molecule has 2 aromatic heterocycles. The third-order valence-corrected chi connectivity index (χ3v) is 6.89. The quantitative estimate of drug-likeness (QED) is 0.534. The molecule has 4 rings (SSSR count). The molecule has 1 amide bonds. The minimum Gasteiger partial charge on any atom is -0.370 e. The molecule has 0 aliphatic carbocycles. The van der Waals surface area contributed by atoms with Crippen molar-refractivity contribution >= 4 is 22.9 Å². The van der Waals surface area contributed by atoms with Gasteiger partial charge in [-0.05, 0) is 37.5 Å². The molecule has 0 bridgehead atoms. The third-order valence-electron chi connectivity index (χ3n) is 6.03. The van der Waals surface area contributed by atoms with Gasteiger partial charge in [-0.2, -0.15) is 0 Å². The van der Waals surface area contributed by atoms with Crippen LogP contribution in [0.4, 0.5) is 14.5 Å². The van der Waals surface area contributed by atoms with E-state index in [4.69, 9.17) is 10.5 Å². The third kappa shape index (κ3) is 4.80. The maximum atomic E-state index is 14.1. The van der Waals surface area contributed by atoms with Gasteiger partial charge in [-0.15, -0.1) is 11.3 Å². The van der Waals surface area contributed by atoms with E-state index in [-0.39, 0.29) is 40.4 Å². The first kappa shape index (κ1) is 23.4. The summed E-state index contributed by atoms with van der Waals surface area (Å²) in [5.74, 6) is -1.33. The Labute approximate surface area is 195 Å². The fourth-order valence-corrected chi connectivity index (χ4v) is 5.41. The second-order valence-electron chi connectivity index (χ2n) is 8.60. The highest BCUT2D eigenvalue weighted by Gasteiger charge is 2.37. The van der Waals surface area contributed by atoms with Gasteiger partial charge >= 0.3 is 0 Å². The number of nitrogens with two attached hydrogens (primary N) is 1. The van der Waals surface area contributed by atoms with Gasteiger partial charge in [-0.1, -0.05) is 19.9 Å². The number of hydrogen-bond acceptors (Lipinski definition) is 6. The first-order chi connectivity index (χ1) is 15.8. The van der Waals surface area contributed by atoms with Crippen molar-refractivity contribution in [2.75, 3.05) is 5.32 Å². The van der Waals surface area contributed by atoms with E-state index in [2.05, 4.69) is 29.1 Å². The number of carbonyl (C=O) groups is 1. The van der Waals surface area contributed by atoms with Crippen molar-refractivity contribution in [3.8, 4) is 10.6 Å². The molecule has 1 aliphatic heterocycles. The van der Waals surface area contributed by atoms with Crippen LogP contribution in [0.5, 0.6) is 0 Å². The molecule has 3 heterocycles. The van der Waals surface area contributed by atoms with E-state index < -0.39 is 17.5 Å². The molecule has 1 aliphatic rings. The fourth-order valence-electron chi connectivity index (χ4n) is 4.57. The van der Waals surface area contributed by atoms with Gasteiger partial charge in [0.25, 0.3) is 5.91 Å². The Balaban J connectivity index is 1.55. The number of amides is 1. The smallest absolute Gasteiger partial charge is 0.275 e. The molecular formula is C24H26F2N4O2S. The Morgan fingerprint density at radius 2 is 2.00 bits per heavy atom. The number of anilines is 1. The molecule has 3 aromatic rings. The van der Waals surface area contributed by atoms with E-state index in [1.807, 2.05) is 6.92 Å². The second-order valence-corrected chi connectivity index (χ2v) is 9.46. The van der Waals surface area contributed by atoms with Crippen LogP contribution < -0.4 is 11.1 Å². The van der Waals surface area contributed by atoms with Crippen molar-refractivity contribution in [3.63, 3.8) is 0 Å². The molecule has 1 aromatic carbocycles. The molecule has 0 saturated carbocycles. The van der Waals surface area contributed by atoms with Crippen LogP contribution in [0.25, 0.3) is 10.6 Å². The van der Waals surface area contributed by atoms with Gasteiger partial charge in [0.2, 0.25) is 0 Å². The lowest BCUT2D eigenvalue weighted by atomic mass is 9.79. The molecule has 6 nitrogen and oxygen atoms in total. The van der Waals surface area contributed by atoms with Gasteiger partial charge in [-0.25, -0.2) is 13.8 Å². The van der Waals surface area contributed by atoms with Crippen molar-refractivity contribution in [3.05, 3.63) is 64.9 Å². The van der Waals surface area contributed by atoms with E-state index in [1.54, 1.807) is 18.5 Å². The summed E-state index contributed by atoms with van der Waals surface area (Å²) in [6.07, 6.45) is 3.48. The Kier molecular flexibility index (Phi) is 6.83. The van der Waals surface area contributed by atoms with Crippen molar-refractivity contribution in [1.29, 1.82) is 0 Å². The number of carbonyl (C=O) groups excluding carboxylic acids is 1. The summed E-state index contributed by atoms with van der Waals surface area (Å²) in [5, 5.41) is 4.38. The Hall–Kier alpha value is -2.75. The lowest BCUT2D eigenvalue weighted by Gasteiger charge is -2.41. The zero-order valence-corrected chi connectivity index (χ0v) is 19.4. The normalized spacial score (nSPS) is 23.0. The molecule has 0 spiro atoms. The van der Waals surface area contributed by atoms with Crippen LogP contribution in [0.1, 0.15) is 49.3 Å². The highest BCUT2D eigenvalue weighted by molar-refractivity contribution is 7.13. The number of rotatable bonds is 5. The molecule has 174 valence electrons. The molecule has 9 heteroatoms. The number of hydrogen-bond donors (Lipinski definition) is 2. The van der Waals surface area contributed by atoms with E-state index in [0.717, 1.165) is 29.0 Å². The minimum atomic E-state index is -0.731. The van der Waals surface area contributed by atoms with Crippen LogP contribution in [0.3, 0.4) is 0 Å². The summed E-state index contributed by atoms with van der Waals surface area (Å²) in [7, 11) is 0. The average Bonchev–Trinajstić information content (AvgIpc) is 3.23. The van der Waals surface area contributed by atoms with Crippen LogP contribution in [0, 0.1) is 23.5 Å². The largest absolute Gasteiger partial charge is 0.370 e. The number of nitrogens with zero attached hydrogens (tertiary/aromatic N) is 2. The topological polar surface area (TPSA) is 90.1 Å². The van der Waals surface area contributed by atoms with Gasteiger partial charge in [-0.3, -0.25) is 9.78 Å². The SMILES string of the molecule is CC(C)C1C(N)CC(c2ccncc2NC(=O)c2csc(-c3c(F)cccc3F)n2)OC1C. The van der Waals surface area contributed by atoms with Crippen LogP contribution in [0.2, 0.25) is 0 Å². The van der Waals surface area contributed by atoms with Crippen LogP contribution in [-0.2, 0) is 4.74 Å². The number of halogens is 2. The average molecular weight is 473 g/mol. The second kappa shape index (κ2) is 9.62. The Bertz CT molecular complexity index is 1120. The minimum absolute atomic E-state index is 0.0350. The van der Waals surface area contributed by atoms with Crippen molar-refractivity contribution in [2.24, 2.45) is 17.6 Å². The monoisotopic (exact) mass is 472 g/mol. The lowest BCUT2D eigenvalue weighted by molar-refractivity contribution is -0.0958. The molecule has 1 fully saturated rings. The number of pyridine rings is 1. The maximum absolute atomic E-state index is 14.1. The summed E-state index contributed by atoms with van der Waals surface area (Å²) in [6, 6.07) is 5.36. The van der Waals surface area contributed by atoms with E-state index >= 15 is 0 Å². The number of ether oxygens (including phenoxy) is 1. The van der Waals surface area contributed by atoms with Crippen LogP contribution in [-0.4, -0.2) is 28.0 Å². The number of nitrogens with one attached hydrogen (secondary N) is 1. The zero-order chi connectivity index (χ0) is 23.7. The molecule has 33 heavy (non-hydrogen) atoms. The number of benzene rings is 1. The van der Waals surface area contributed by atoms with Gasteiger partial charge in [0.05, 0.1) is 29.7 Å². The molecule has 4 atom stereocenters. The highest BCUT2D eigenvalue weighted by Crippen LogP contribution is 2.39. The van der Waals surface area contributed by atoms with E-state index in [0.29, 0.717) is 18.0 Å². The molecule has 1 saturated heterocycles. The number of thiazole rings is 1. The van der Waals surface area contributed by atoms with E-state index in [9.17, 15) is 13.6 Å². The molecule has 4 unspecified atom stereocenters. The summed E-state index contributed by atoms with van der Waals surface area (Å²) in [6.45, 7) is 6.30. The predicted octanol–water partition coefficient (Wildman–Crippen LogP) is 5.19. The summed E-state index contributed by atoms with van der Waals surface area (Å²) in [5.41, 5.74) is 7.54. The van der Waals surface area contributed by atoms with Gasteiger partial charge < -0.3 is 15.8 Å². The molecule has 3 N–H and O–H groups in total. The maximum Gasteiger partial charge on any atom is 0.275 e. The lowest BCUT2D eigenvalue weighted by Crippen LogP contribution is -2.47. The van der Waals surface area contributed by atoms with Crippen LogP contribution in [0.15, 0.2) is 42.0 Å². The van der Waals surface area contributed by atoms with Crippen molar-refractivity contribution in [1.82, 2.24) is 9.97 Å². The Morgan fingerprint density at radius 3 is 2.67 bits per heavy atom. The van der Waals surface area contributed by atoms with Gasteiger partial charge in [0.15, 0.2) is 0 Å². The van der Waals surface area contributed by atoms with Gasteiger partial charge in [0, 0.05) is 29.1 Å². The van der Waals surface area contributed by atoms with E-state index in [1.165, 1.54) is 11.4 Å². The fraction of sp³-hybridized carbons (Fsp3) is 0.375.